The Morgan fingerprint density at radius 3 is 3.15 bits per heavy atom. The zero-order valence-corrected chi connectivity index (χ0v) is 11.6. The summed E-state index contributed by atoms with van der Waals surface area (Å²) in [4.78, 5) is 10.6. The van der Waals surface area contributed by atoms with Crippen LogP contribution in [0.5, 0.6) is 0 Å². The Morgan fingerprint density at radius 1 is 1.45 bits per heavy atom. The van der Waals surface area contributed by atoms with Gasteiger partial charge < -0.3 is 4.74 Å². The Morgan fingerprint density at radius 2 is 2.40 bits per heavy atom. The number of rotatable bonds is 4. The van der Waals surface area contributed by atoms with Crippen molar-refractivity contribution in [1.29, 1.82) is 0 Å². The number of morpholine rings is 1. The third kappa shape index (κ3) is 3.02. The van der Waals surface area contributed by atoms with E-state index in [1.54, 1.807) is 12.7 Å². The highest BCUT2D eigenvalue weighted by Crippen LogP contribution is 2.22. The highest BCUT2D eigenvalue weighted by molar-refractivity contribution is 5.13. The van der Waals surface area contributed by atoms with Gasteiger partial charge in [0.1, 0.15) is 12.7 Å². The molecule has 0 aromatic carbocycles. The van der Waals surface area contributed by atoms with E-state index < -0.39 is 0 Å². The molecule has 106 valence electrons. The molecule has 0 amide bonds. The van der Waals surface area contributed by atoms with E-state index in [0.29, 0.717) is 6.04 Å². The van der Waals surface area contributed by atoms with Gasteiger partial charge in [0.05, 0.1) is 19.3 Å². The predicted molar refractivity (Wildman–Crippen MR) is 74.0 cm³/mol. The average Bonchev–Trinajstić information content (AvgIpc) is 3.01. The minimum atomic E-state index is 0.157. The van der Waals surface area contributed by atoms with Crippen LogP contribution in [-0.4, -0.2) is 50.4 Å². The van der Waals surface area contributed by atoms with Crippen LogP contribution >= 0.6 is 0 Å². The molecular weight excluding hydrogens is 254 g/mol. The van der Waals surface area contributed by atoms with Gasteiger partial charge in [-0.2, -0.15) is 5.10 Å². The van der Waals surface area contributed by atoms with Crippen LogP contribution in [0.4, 0.5) is 0 Å². The van der Waals surface area contributed by atoms with E-state index in [1.165, 1.54) is 5.56 Å². The highest BCUT2D eigenvalue weighted by atomic mass is 16.5. The van der Waals surface area contributed by atoms with Crippen LogP contribution in [0.15, 0.2) is 37.2 Å². The Labute approximate surface area is 118 Å². The molecule has 6 nitrogen and oxygen atoms in total. The molecular formula is C14H19N5O. The number of ether oxygens (including phenoxy) is 1. The van der Waals surface area contributed by atoms with E-state index in [0.717, 1.165) is 26.2 Å². The van der Waals surface area contributed by atoms with Gasteiger partial charge in [-0.25, -0.2) is 4.98 Å². The van der Waals surface area contributed by atoms with Crippen molar-refractivity contribution in [2.24, 2.45) is 0 Å². The van der Waals surface area contributed by atoms with E-state index in [-0.39, 0.29) is 6.10 Å². The smallest absolute Gasteiger partial charge is 0.137 e. The van der Waals surface area contributed by atoms with Gasteiger partial charge in [0.15, 0.2) is 0 Å². The molecule has 1 aliphatic heterocycles. The van der Waals surface area contributed by atoms with Crippen molar-refractivity contribution in [2.75, 3.05) is 19.7 Å². The molecule has 0 N–H and O–H groups in total. The molecule has 3 heterocycles. The van der Waals surface area contributed by atoms with E-state index >= 15 is 0 Å². The summed E-state index contributed by atoms with van der Waals surface area (Å²) in [5.41, 5.74) is 1.24. The van der Waals surface area contributed by atoms with Crippen molar-refractivity contribution in [3.63, 3.8) is 0 Å². The second-order valence-electron chi connectivity index (χ2n) is 5.07. The van der Waals surface area contributed by atoms with Crippen LogP contribution in [0.3, 0.4) is 0 Å². The third-order valence-corrected chi connectivity index (χ3v) is 3.74. The summed E-state index contributed by atoms with van der Waals surface area (Å²) in [7, 11) is 0. The van der Waals surface area contributed by atoms with E-state index in [4.69, 9.17) is 4.74 Å². The molecule has 2 atom stereocenters. The van der Waals surface area contributed by atoms with Gasteiger partial charge in [-0.3, -0.25) is 14.6 Å². The van der Waals surface area contributed by atoms with E-state index in [2.05, 4.69) is 33.0 Å². The van der Waals surface area contributed by atoms with Crippen molar-refractivity contribution in [3.05, 3.63) is 42.7 Å². The lowest BCUT2D eigenvalue weighted by Gasteiger charge is -2.36. The Hall–Kier alpha value is -1.79. The molecule has 0 bridgehead atoms. The Bertz CT molecular complexity index is 516. The summed E-state index contributed by atoms with van der Waals surface area (Å²) in [6.07, 6.45) is 7.19. The average molecular weight is 273 g/mol. The lowest BCUT2D eigenvalue weighted by Crippen LogP contribution is -2.45. The van der Waals surface area contributed by atoms with E-state index in [9.17, 15) is 0 Å². The first-order valence-corrected chi connectivity index (χ1v) is 6.91. The summed E-state index contributed by atoms with van der Waals surface area (Å²) in [6, 6.07) is 4.46. The SMILES string of the molecule is C[C@H](c1cccnc1)N1CCO[C@@H](Cn2cncn2)C1. The van der Waals surface area contributed by atoms with Crippen LogP contribution in [0.2, 0.25) is 0 Å². The van der Waals surface area contributed by atoms with Crippen molar-refractivity contribution < 1.29 is 4.74 Å². The van der Waals surface area contributed by atoms with Gasteiger partial charge in [0.25, 0.3) is 0 Å². The number of pyridine rings is 1. The molecule has 6 heteroatoms. The summed E-state index contributed by atoms with van der Waals surface area (Å²) in [5, 5.41) is 4.14. The largest absolute Gasteiger partial charge is 0.374 e. The monoisotopic (exact) mass is 273 g/mol. The molecule has 2 aromatic rings. The third-order valence-electron chi connectivity index (χ3n) is 3.74. The first-order chi connectivity index (χ1) is 9.83. The maximum Gasteiger partial charge on any atom is 0.137 e. The second-order valence-corrected chi connectivity index (χ2v) is 5.07. The standard InChI is InChI=1S/C14H19N5O/c1-12(13-3-2-4-15-7-13)18-5-6-20-14(8-18)9-19-11-16-10-17-19/h2-4,7,10-12,14H,5-6,8-9H2,1H3/t12-,14-/m1/s1. The van der Waals surface area contributed by atoms with Gasteiger partial charge >= 0.3 is 0 Å². The topological polar surface area (TPSA) is 56.1 Å². The maximum atomic E-state index is 5.82. The second kappa shape index (κ2) is 6.11. The van der Waals surface area contributed by atoms with E-state index in [1.807, 2.05) is 23.1 Å². The molecule has 0 radical (unpaired) electrons. The molecule has 1 saturated heterocycles. The molecule has 1 aliphatic rings. The molecule has 0 saturated carbocycles. The Balaban J connectivity index is 1.63. The number of aromatic nitrogens is 4. The summed E-state index contributed by atoms with van der Waals surface area (Å²) in [6.45, 7) is 5.56. The van der Waals surface area contributed by atoms with Crippen LogP contribution in [-0.2, 0) is 11.3 Å². The first-order valence-electron chi connectivity index (χ1n) is 6.91. The summed E-state index contributed by atoms with van der Waals surface area (Å²) in [5.74, 6) is 0. The molecule has 1 fully saturated rings. The predicted octanol–water partition coefficient (Wildman–Crippen LogP) is 1.14. The first kappa shape index (κ1) is 13.2. The summed E-state index contributed by atoms with van der Waals surface area (Å²) < 4.78 is 7.64. The minimum Gasteiger partial charge on any atom is -0.374 e. The van der Waals surface area contributed by atoms with Gasteiger partial charge in [0.2, 0.25) is 0 Å². The van der Waals surface area contributed by atoms with Gasteiger partial charge in [0, 0.05) is 31.5 Å². The van der Waals surface area contributed by atoms with Crippen molar-refractivity contribution in [3.8, 4) is 0 Å². The number of hydrogen-bond acceptors (Lipinski definition) is 5. The van der Waals surface area contributed by atoms with Gasteiger partial charge in [-0.1, -0.05) is 6.07 Å². The van der Waals surface area contributed by atoms with Gasteiger partial charge in [-0.15, -0.1) is 0 Å². The zero-order valence-electron chi connectivity index (χ0n) is 11.6. The molecule has 20 heavy (non-hydrogen) atoms. The fourth-order valence-corrected chi connectivity index (χ4v) is 2.57. The van der Waals surface area contributed by atoms with Crippen molar-refractivity contribution in [2.45, 2.75) is 25.6 Å². The van der Waals surface area contributed by atoms with Crippen LogP contribution < -0.4 is 0 Å². The lowest BCUT2D eigenvalue weighted by molar-refractivity contribution is -0.0497. The summed E-state index contributed by atoms with van der Waals surface area (Å²) >= 11 is 0. The normalized spacial score (nSPS) is 21.8. The molecule has 2 aromatic heterocycles. The fourth-order valence-electron chi connectivity index (χ4n) is 2.57. The quantitative estimate of drug-likeness (QED) is 0.836. The van der Waals surface area contributed by atoms with Crippen LogP contribution in [0.25, 0.3) is 0 Å². The highest BCUT2D eigenvalue weighted by Gasteiger charge is 2.25. The fraction of sp³-hybridized carbons (Fsp3) is 0.500. The van der Waals surface area contributed by atoms with Crippen molar-refractivity contribution in [1.82, 2.24) is 24.6 Å². The van der Waals surface area contributed by atoms with Crippen molar-refractivity contribution >= 4 is 0 Å². The molecule has 0 unspecified atom stereocenters. The molecule has 0 spiro atoms. The zero-order chi connectivity index (χ0) is 13.8. The minimum absolute atomic E-state index is 0.157. The lowest BCUT2D eigenvalue weighted by atomic mass is 10.1. The van der Waals surface area contributed by atoms with Crippen LogP contribution in [0, 0.1) is 0 Å². The number of hydrogen-bond donors (Lipinski definition) is 0. The van der Waals surface area contributed by atoms with Gasteiger partial charge in [-0.05, 0) is 18.6 Å². The molecule has 0 aliphatic carbocycles. The maximum absolute atomic E-state index is 5.82. The Kier molecular flexibility index (Phi) is 4.03. The number of nitrogens with zero attached hydrogens (tertiary/aromatic N) is 5. The molecule has 3 rings (SSSR count). The van der Waals surface area contributed by atoms with Crippen LogP contribution in [0.1, 0.15) is 18.5 Å².